The Labute approximate surface area is 143 Å². The van der Waals surface area contributed by atoms with Crippen LogP contribution in [0.1, 0.15) is 17.4 Å². The van der Waals surface area contributed by atoms with Crippen LogP contribution >= 0.6 is 11.8 Å². The van der Waals surface area contributed by atoms with Crippen molar-refractivity contribution in [3.8, 4) is 5.75 Å². The second-order valence-corrected chi connectivity index (χ2v) is 7.49. The molecule has 2 N–H and O–H groups in total. The van der Waals surface area contributed by atoms with Gasteiger partial charge in [0.05, 0.1) is 17.8 Å². The number of nitrogens with zero attached hydrogens (tertiary/aromatic N) is 1. The van der Waals surface area contributed by atoms with Crippen molar-refractivity contribution in [1.82, 2.24) is 10.2 Å². The van der Waals surface area contributed by atoms with Crippen LogP contribution in [0.5, 0.6) is 5.75 Å². The number of hydrogen-bond donors (Lipinski definition) is 2. The molecule has 24 heavy (non-hydrogen) atoms. The lowest BCUT2D eigenvalue weighted by atomic mass is 10.3. The molecular formula is C14H15N3O5S2. The highest BCUT2D eigenvalue weighted by Crippen LogP contribution is 2.19. The predicted octanol–water partition coefficient (Wildman–Crippen LogP) is 1.68. The van der Waals surface area contributed by atoms with Gasteiger partial charge in [-0.2, -0.15) is 5.10 Å². The molecule has 0 atom stereocenters. The van der Waals surface area contributed by atoms with E-state index in [0.717, 1.165) is 11.8 Å². The molecule has 0 aliphatic heterocycles. The fourth-order valence-corrected chi connectivity index (χ4v) is 3.20. The molecule has 1 aromatic heterocycles. The zero-order chi connectivity index (χ0) is 17.7. The third-order valence-electron chi connectivity index (χ3n) is 2.89. The number of anilines is 1. The Morgan fingerprint density at radius 3 is 2.54 bits per heavy atom. The van der Waals surface area contributed by atoms with Gasteiger partial charge in [-0.15, -0.1) is 0 Å². The van der Waals surface area contributed by atoms with Crippen molar-refractivity contribution >= 4 is 38.5 Å². The Bertz CT molecular complexity index is 844. The minimum absolute atomic E-state index is 0.0120. The van der Waals surface area contributed by atoms with Gasteiger partial charge in [-0.1, -0.05) is 11.8 Å². The van der Waals surface area contributed by atoms with Crippen LogP contribution in [0.2, 0.25) is 0 Å². The van der Waals surface area contributed by atoms with Crippen molar-refractivity contribution in [1.29, 1.82) is 0 Å². The molecule has 0 radical (unpaired) electrons. The second-order valence-electron chi connectivity index (χ2n) is 4.65. The normalized spacial score (nSPS) is 11.1. The van der Waals surface area contributed by atoms with Gasteiger partial charge >= 0.3 is 0 Å². The average Bonchev–Trinajstić information content (AvgIpc) is 3.00. The highest BCUT2D eigenvalue weighted by Gasteiger charge is 2.17. The van der Waals surface area contributed by atoms with E-state index < -0.39 is 10.0 Å². The van der Waals surface area contributed by atoms with Crippen LogP contribution in [-0.2, 0) is 14.8 Å². The molecule has 0 amide bonds. The van der Waals surface area contributed by atoms with Crippen molar-refractivity contribution in [2.75, 3.05) is 17.6 Å². The SMILES string of the molecule is COc1ccc(S(=O)(=O)Nc2cc(C(=O)CSC(C)=O)[nH]n2)cc1. The first-order valence-corrected chi connectivity index (χ1v) is 9.17. The topological polar surface area (TPSA) is 118 Å². The summed E-state index contributed by atoms with van der Waals surface area (Å²) in [5.74, 6) is 0.131. The van der Waals surface area contributed by atoms with Gasteiger partial charge < -0.3 is 4.74 Å². The largest absolute Gasteiger partial charge is 0.497 e. The number of nitrogens with one attached hydrogen (secondary N) is 2. The molecule has 8 nitrogen and oxygen atoms in total. The number of methoxy groups -OCH3 is 1. The molecule has 0 unspecified atom stereocenters. The Morgan fingerprint density at radius 2 is 1.96 bits per heavy atom. The number of sulfonamides is 1. The molecule has 0 saturated heterocycles. The summed E-state index contributed by atoms with van der Waals surface area (Å²) in [7, 11) is -2.35. The monoisotopic (exact) mass is 369 g/mol. The van der Waals surface area contributed by atoms with Crippen molar-refractivity contribution in [2.45, 2.75) is 11.8 Å². The summed E-state index contributed by atoms with van der Waals surface area (Å²) in [6.45, 7) is 1.36. The van der Waals surface area contributed by atoms with Crippen LogP contribution in [-0.4, -0.2) is 42.4 Å². The van der Waals surface area contributed by atoms with E-state index in [1.165, 1.54) is 44.4 Å². The van der Waals surface area contributed by atoms with E-state index in [1.807, 2.05) is 0 Å². The van der Waals surface area contributed by atoms with Crippen LogP contribution in [0.3, 0.4) is 0 Å². The van der Waals surface area contributed by atoms with Crippen LogP contribution in [0, 0.1) is 0 Å². The Hall–Kier alpha value is -2.33. The lowest BCUT2D eigenvalue weighted by molar-refractivity contribution is -0.109. The summed E-state index contributed by atoms with van der Waals surface area (Å²) in [4.78, 5) is 22.7. The minimum atomic E-state index is -3.84. The molecule has 0 fully saturated rings. The number of aromatic amines is 1. The molecule has 1 heterocycles. The van der Waals surface area contributed by atoms with Crippen LogP contribution < -0.4 is 9.46 Å². The highest BCUT2D eigenvalue weighted by molar-refractivity contribution is 8.14. The summed E-state index contributed by atoms with van der Waals surface area (Å²) in [6, 6.07) is 7.11. The maximum absolute atomic E-state index is 12.3. The standard InChI is InChI=1S/C14H15N3O5S2/c1-9(18)23-8-13(19)12-7-14(16-15-12)17-24(20,21)11-5-3-10(22-2)4-6-11/h3-7H,8H2,1-2H3,(H2,15,16,17). The number of carbonyl (C=O) groups is 2. The van der Waals surface area contributed by atoms with E-state index in [2.05, 4.69) is 14.9 Å². The number of H-pyrrole nitrogens is 1. The quantitative estimate of drug-likeness (QED) is 0.713. The van der Waals surface area contributed by atoms with Crippen LogP contribution in [0.4, 0.5) is 5.82 Å². The van der Waals surface area contributed by atoms with Crippen LogP contribution in [0.15, 0.2) is 35.2 Å². The number of carbonyl (C=O) groups excluding carboxylic acids is 2. The van der Waals surface area contributed by atoms with Gasteiger partial charge in [-0.05, 0) is 24.3 Å². The number of benzene rings is 1. The number of hydrogen-bond acceptors (Lipinski definition) is 7. The molecule has 2 rings (SSSR count). The van der Waals surface area contributed by atoms with E-state index in [4.69, 9.17) is 4.74 Å². The van der Waals surface area contributed by atoms with Gasteiger partial charge in [0.15, 0.2) is 16.7 Å². The molecule has 0 bridgehead atoms. The van der Waals surface area contributed by atoms with Crippen molar-refractivity contribution in [3.63, 3.8) is 0 Å². The molecular weight excluding hydrogens is 354 g/mol. The van der Waals surface area contributed by atoms with Gasteiger partial charge in [0, 0.05) is 13.0 Å². The number of ether oxygens (including phenoxy) is 1. The lowest BCUT2D eigenvalue weighted by Gasteiger charge is -2.06. The molecule has 10 heteroatoms. The molecule has 2 aromatic rings. The Balaban J connectivity index is 2.10. The van der Waals surface area contributed by atoms with Gasteiger partial charge in [0.2, 0.25) is 0 Å². The zero-order valence-electron chi connectivity index (χ0n) is 12.9. The number of Topliss-reactive ketones (excluding diaryl/α,β-unsaturated/α-hetero) is 1. The first kappa shape index (κ1) is 18.0. The van der Waals surface area contributed by atoms with Crippen molar-refractivity contribution in [3.05, 3.63) is 36.0 Å². The minimum Gasteiger partial charge on any atom is -0.497 e. The lowest BCUT2D eigenvalue weighted by Crippen LogP contribution is -2.13. The number of aromatic nitrogens is 2. The zero-order valence-corrected chi connectivity index (χ0v) is 14.5. The fraction of sp³-hybridized carbons (Fsp3) is 0.214. The third kappa shape index (κ3) is 4.59. The maximum atomic E-state index is 12.3. The Kier molecular flexibility index (Phi) is 5.62. The summed E-state index contributed by atoms with van der Waals surface area (Å²) in [5.41, 5.74) is 0.121. The average molecular weight is 369 g/mol. The summed E-state index contributed by atoms with van der Waals surface area (Å²) in [6.07, 6.45) is 0. The fourth-order valence-electron chi connectivity index (χ4n) is 1.71. The number of thioether (sulfide) groups is 1. The second kappa shape index (κ2) is 7.49. The first-order chi connectivity index (χ1) is 11.3. The van der Waals surface area contributed by atoms with Crippen molar-refractivity contribution < 1.29 is 22.7 Å². The summed E-state index contributed by atoms with van der Waals surface area (Å²) < 4.78 is 31.8. The van der Waals surface area contributed by atoms with Crippen LogP contribution in [0.25, 0.3) is 0 Å². The smallest absolute Gasteiger partial charge is 0.263 e. The molecule has 0 aliphatic rings. The van der Waals surface area contributed by atoms with E-state index in [0.29, 0.717) is 5.75 Å². The highest BCUT2D eigenvalue weighted by atomic mass is 32.2. The van der Waals surface area contributed by atoms with E-state index >= 15 is 0 Å². The predicted molar refractivity (Wildman–Crippen MR) is 89.9 cm³/mol. The molecule has 0 saturated carbocycles. The Morgan fingerprint density at radius 1 is 1.29 bits per heavy atom. The van der Waals surface area contributed by atoms with Crippen molar-refractivity contribution in [2.24, 2.45) is 0 Å². The third-order valence-corrected chi connectivity index (χ3v) is 5.08. The molecule has 0 aliphatic carbocycles. The summed E-state index contributed by atoms with van der Waals surface area (Å²) in [5, 5.41) is 6.03. The summed E-state index contributed by atoms with van der Waals surface area (Å²) >= 11 is 0.870. The molecule has 1 aromatic carbocycles. The molecule has 128 valence electrons. The van der Waals surface area contributed by atoms with E-state index in [9.17, 15) is 18.0 Å². The van der Waals surface area contributed by atoms with E-state index in [-0.39, 0.29) is 33.1 Å². The maximum Gasteiger partial charge on any atom is 0.263 e. The number of rotatable bonds is 7. The number of ketones is 1. The van der Waals surface area contributed by atoms with Gasteiger partial charge in [-0.25, -0.2) is 8.42 Å². The first-order valence-electron chi connectivity index (χ1n) is 6.70. The van der Waals surface area contributed by atoms with Gasteiger partial charge in [-0.3, -0.25) is 19.4 Å². The van der Waals surface area contributed by atoms with E-state index in [1.54, 1.807) is 0 Å². The molecule has 0 spiro atoms. The van der Waals surface area contributed by atoms with Gasteiger partial charge in [0.25, 0.3) is 10.0 Å². The van der Waals surface area contributed by atoms with Gasteiger partial charge in [0.1, 0.15) is 11.4 Å².